The topological polar surface area (TPSA) is 35.6 Å². The van der Waals surface area contributed by atoms with Gasteiger partial charge >= 0.3 is 6.03 Å². The van der Waals surface area contributed by atoms with E-state index >= 15 is 0 Å². The maximum Gasteiger partial charge on any atom is 0.319 e. The van der Waals surface area contributed by atoms with E-state index in [0.29, 0.717) is 0 Å². The summed E-state index contributed by atoms with van der Waals surface area (Å²) in [5.74, 6) is 0.762. The molecule has 0 aromatic carbocycles. The van der Waals surface area contributed by atoms with Crippen molar-refractivity contribution in [1.82, 2.24) is 15.1 Å². The molecule has 2 aliphatic heterocycles. The highest BCUT2D eigenvalue weighted by molar-refractivity contribution is 5.74. The molecule has 17 heavy (non-hydrogen) atoms. The highest BCUT2D eigenvalue weighted by atomic mass is 16.2. The molecule has 2 aliphatic rings. The lowest BCUT2D eigenvalue weighted by atomic mass is 9.97. The fraction of sp³-hybridized carbons (Fsp3) is 0.923. The first-order chi connectivity index (χ1) is 8.31. The minimum absolute atomic E-state index is 0.282. The van der Waals surface area contributed by atoms with Crippen LogP contribution < -0.4 is 5.32 Å². The molecule has 1 N–H and O–H groups in total. The molecule has 4 heteroatoms. The largest absolute Gasteiger partial charge is 0.325 e. The van der Waals surface area contributed by atoms with Gasteiger partial charge in [0.05, 0.1) is 0 Å². The minimum Gasteiger partial charge on any atom is -0.325 e. The van der Waals surface area contributed by atoms with Gasteiger partial charge in [0.15, 0.2) is 0 Å². The molecule has 2 saturated heterocycles. The van der Waals surface area contributed by atoms with Crippen LogP contribution in [0, 0.1) is 5.92 Å². The first-order valence-corrected chi connectivity index (χ1v) is 7.06. The summed E-state index contributed by atoms with van der Waals surface area (Å²) >= 11 is 0. The van der Waals surface area contributed by atoms with Gasteiger partial charge < -0.3 is 15.1 Å². The molecule has 0 aromatic rings. The lowest BCUT2D eigenvalue weighted by Crippen LogP contribution is -2.46. The fourth-order valence-electron chi connectivity index (χ4n) is 2.79. The summed E-state index contributed by atoms with van der Waals surface area (Å²) in [6.45, 7) is 8.14. The molecule has 0 bridgehead atoms. The maximum absolute atomic E-state index is 12.2. The zero-order valence-corrected chi connectivity index (χ0v) is 11.0. The van der Waals surface area contributed by atoms with Gasteiger partial charge in [-0.2, -0.15) is 0 Å². The van der Waals surface area contributed by atoms with E-state index in [-0.39, 0.29) is 6.03 Å². The second kappa shape index (κ2) is 6.24. The monoisotopic (exact) mass is 239 g/mol. The Kier molecular flexibility index (Phi) is 4.66. The zero-order chi connectivity index (χ0) is 12.1. The summed E-state index contributed by atoms with van der Waals surface area (Å²) in [5, 5.41) is 3.40. The Morgan fingerprint density at radius 2 is 1.71 bits per heavy atom. The van der Waals surface area contributed by atoms with E-state index in [9.17, 15) is 4.79 Å². The minimum atomic E-state index is 0.282. The van der Waals surface area contributed by atoms with Gasteiger partial charge in [-0.3, -0.25) is 0 Å². The summed E-state index contributed by atoms with van der Waals surface area (Å²) in [6.07, 6.45) is 4.68. The van der Waals surface area contributed by atoms with Crippen LogP contribution in [0.5, 0.6) is 0 Å². The van der Waals surface area contributed by atoms with Gasteiger partial charge in [-0.25, -0.2) is 4.79 Å². The summed E-state index contributed by atoms with van der Waals surface area (Å²) in [5.41, 5.74) is 0. The van der Waals surface area contributed by atoms with Crippen LogP contribution >= 0.6 is 0 Å². The van der Waals surface area contributed by atoms with Crippen LogP contribution in [0.3, 0.4) is 0 Å². The molecular weight excluding hydrogens is 214 g/mol. The average Bonchev–Trinajstić information content (AvgIpc) is 2.90. The molecule has 0 saturated carbocycles. The van der Waals surface area contributed by atoms with Gasteiger partial charge in [0.1, 0.15) is 0 Å². The molecule has 0 aromatic heterocycles. The number of nitrogens with zero attached hydrogens (tertiary/aromatic N) is 2. The predicted molar refractivity (Wildman–Crippen MR) is 69.0 cm³/mol. The third-order valence-electron chi connectivity index (χ3n) is 3.94. The number of hydrogen-bond acceptors (Lipinski definition) is 2. The van der Waals surface area contributed by atoms with Crippen molar-refractivity contribution in [2.24, 2.45) is 5.92 Å². The highest BCUT2D eigenvalue weighted by Gasteiger charge is 2.27. The lowest BCUT2D eigenvalue weighted by molar-refractivity contribution is 0.140. The van der Waals surface area contributed by atoms with Crippen molar-refractivity contribution in [1.29, 1.82) is 0 Å². The van der Waals surface area contributed by atoms with Crippen molar-refractivity contribution < 1.29 is 4.79 Å². The summed E-state index contributed by atoms with van der Waals surface area (Å²) < 4.78 is 0. The number of carbonyl (C=O) groups excluding carboxylic acids is 1. The van der Waals surface area contributed by atoms with Crippen LogP contribution in [0.4, 0.5) is 4.79 Å². The Balaban J connectivity index is 1.72. The van der Waals surface area contributed by atoms with Crippen LogP contribution in [0.2, 0.25) is 0 Å². The third kappa shape index (κ3) is 3.35. The van der Waals surface area contributed by atoms with Crippen molar-refractivity contribution in [3.8, 4) is 0 Å². The highest BCUT2D eigenvalue weighted by Crippen LogP contribution is 2.19. The van der Waals surface area contributed by atoms with E-state index in [1.165, 1.54) is 12.8 Å². The number of likely N-dealkylation sites (tertiary alicyclic amines) is 2. The molecule has 0 aliphatic carbocycles. The summed E-state index contributed by atoms with van der Waals surface area (Å²) in [6, 6.07) is 0.282. The van der Waals surface area contributed by atoms with E-state index in [4.69, 9.17) is 0 Å². The van der Waals surface area contributed by atoms with Crippen LogP contribution in [0.25, 0.3) is 0 Å². The van der Waals surface area contributed by atoms with Crippen molar-refractivity contribution in [2.45, 2.75) is 32.6 Å². The fourth-order valence-corrected chi connectivity index (χ4v) is 2.79. The number of rotatable bonds is 3. The number of piperidine rings is 1. The van der Waals surface area contributed by atoms with Gasteiger partial charge in [0.25, 0.3) is 0 Å². The van der Waals surface area contributed by atoms with E-state index in [1.54, 1.807) is 0 Å². The van der Waals surface area contributed by atoms with Crippen LogP contribution in [0.15, 0.2) is 0 Å². The van der Waals surface area contributed by atoms with Crippen molar-refractivity contribution >= 4 is 6.03 Å². The van der Waals surface area contributed by atoms with E-state index < -0.39 is 0 Å². The molecule has 2 amide bonds. The Morgan fingerprint density at radius 3 is 2.29 bits per heavy atom. The average molecular weight is 239 g/mol. The smallest absolute Gasteiger partial charge is 0.319 e. The molecule has 98 valence electrons. The van der Waals surface area contributed by atoms with E-state index in [2.05, 4.69) is 12.2 Å². The third-order valence-corrected chi connectivity index (χ3v) is 3.94. The molecule has 0 atom stereocenters. The van der Waals surface area contributed by atoms with Gasteiger partial charge in [-0.1, -0.05) is 6.92 Å². The molecule has 0 radical (unpaired) electrons. The first-order valence-electron chi connectivity index (χ1n) is 7.06. The molecule has 2 fully saturated rings. The van der Waals surface area contributed by atoms with Crippen molar-refractivity contribution in [3.05, 3.63) is 0 Å². The number of carbonyl (C=O) groups is 1. The molecule has 2 rings (SSSR count). The number of nitrogens with one attached hydrogen (secondary N) is 1. The van der Waals surface area contributed by atoms with Gasteiger partial charge in [-0.15, -0.1) is 0 Å². The molecule has 0 spiro atoms. The standard InChI is InChI=1S/C13H25N3O/c1-2-14-11-12-5-9-16(10-6-12)13(17)15-7-3-4-8-15/h12,14H,2-11H2,1H3. The quantitative estimate of drug-likeness (QED) is 0.810. The number of hydrogen-bond donors (Lipinski definition) is 1. The Bertz CT molecular complexity index is 243. The molecule has 4 nitrogen and oxygen atoms in total. The van der Waals surface area contributed by atoms with E-state index in [1.807, 2.05) is 9.80 Å². The lowest BCUT2D eigenvalue weighted by Gasteiger charge is -2.34. The summed E-state index contributed by atoms with van der Waals surface area (Å²) in [4.78, 5) is 16.2. The predicted octanol–water partition coefficient (Wildman–Crippen LogP) is 1.52. The number of amides is 2. The summed E-state index contributed by atoms with van der Waals surface area (Å²) in [7, 11) is 0. The molecule has 0 unspecified atom stereocenters. The zero-order valence-electron chi connectivity index (χ0n) is 11.0. The second-order valence-corrected chi connectivity index (χ2v) is 5.21. The maximum atomic E-state index is 12.2. The Hall–Kier alpha value is -0.770. The van der Waals surface area contributed by atoms with E-state index in [0.717, 1.165) is 58.0 Å². The van der Waals surface area contributed by atoms with Crippen LogP contribution in [0.1, 0.15) is 32.6 Å². The van der Waals surface area contributed by atoms with Crippen molar-refractivity contribution in [3.63, 3.8) is 0 Å². The number of urea groups is 1. The van der Waals surface area contributed by atoms with Crippen molar-refractivity contribution in [2.75, 3.05) is 39.3 Å². The van der Waals surface area contributed by atoms with Gasteiger partial charge in [0, 0.05) is 26.2 Å². The Morgan fingerprint density at radius 1 is 1.12 bits per heavy atom. The van der Waals surface area contributed by atoms with Crippen LogP contribution in [-0.4, -0.2) is 55.1 Å². The normalized spacial score (nSPS) is 22.2. The second-order valence-electron chi connectivity index (χ2n) is 5.21. The van der Waals surface area contributed by atoms with Gasteiger partial charge in [0.2, 0.25) is 0 Å². The van der Waals surface area contributed by atoms with Crippen LogP contribution in [-0.2, 0) is 0 Å². The molecule has 2 heterocycles. The first kappa shape index (κ1) is 12.7. The van der Waals surface area contributed by atoms with Gasteiger partial charge in [-0.05, 0) is 44.7 Å². The Labute approximate surface area is 104 Å². The molecular formula is C13H25N3O. The SMILES string of the molecule is CCNCC1CCN(C(=O)N2CCCC2)CC1.